The number of hydrogen-bond acceptors (Lipinski definition) is 2. The monoisotopic (exact) mass is 269 g/mol. The maximum Gasteiger partial charge on any atom is 0.287 e. The lowest BCUT2D eigenvalue weighted by Gasteiger charge is -2.26. The Balaban J connectivity index is 1.84. The molecule has 2 atom stereocenters. The zero-order chi connectivity index (χ0) is 13.0. The van der Waals surface area contributed by atoms with Gasteiger partial charge in [0.1, 0.15) is 5.76 Å². The molecule has 4 heteroatoms. The fraction of sp³-hybridized carbons (Fsp3) is 0.643. The van der Waals surface area contributed by atoms with Crippen molar-refractivity contribution in [2.24, 2.45) is 5.92 Å². The molecule has 0 bridgehead atoms. The summed E-state index contributed by atoms with van der Waals surface area (Å²) in [6.07, 6.45) is 5.39. The molecule has 1 heterocycles. The molecule has 2 unspecified atom stereocenters. The van der Waals surface area contributed by atoms with Gasteiger partial charge in [-0.25, -0.2) is 0 Å². The Morgan fingerprint density at radius 2 is 2.22 bits per heavy atom. The van der Waals surface area contributed by atoms with Crippen LogP contribution in [0.25, 0.3) is 0 Å². The van der Waals surface area contributed by atoms with Crippen LogP contribution in [0.2, 0.25) is 0 Å². The highest BCUT2D eigenvalue weighted by atomic mass is 35.5. The minimum absolute atomic E-state index is 0.135. The molecular weight excluding hydrogens is 250 g/mol. The molecular formula is C14H20ClNO2. The Bertz CT molecular complexity index is 402. The van der Waals surface area contributed by atoms with Gasteiger partial charge in [0, 0.05) is 18.3 Å². The third-order valence-corrected chi connectivity index (χ3v) is 4.15. The highest BCUT2D eigenvalue weighted by Gasteiger charge is 2.23. The second-order valence-electron chi connectivity index (χ2n) is 4.89. The van der Waals surface area contributed by atoms with Crippen molar-refractivity contribution in [3.05, 3.63) is 23.7 Å². The summed E-state index contributed by atoms with van der Waals surface area (Å²) in [5.41, 5.74) is 0. The van der Waals surface area contributed by atoms with Gasteiger partial charge in [-0.2, -0.15) is 0 Å². The van der Waals surface area contributed by atoms with Crippen molar-refractivity contribution >= 4 is 17.5 Å². The number of carbonyl (C=O) groups is 1. The van der Waals surface area contributed by atoms with Crippen LogP contribution in [0.3, 0.4) is 0 Å². The number of alkyl halides is 1. The normalized spacial score (nSPS) is 23.9. The predicted octanol–water partition coefficient (Wildman–Crippen LogP) is 3.37. The van der Waals surface area contributed by atoms with Gasteiger partial charge >= 0.3 is 0 Å². The van der Waals surface area contributed by atoms with Gasteiger partial charge in [-0.15, -0.1) is 11.6 Å². The van der Waals surface area contributed by atoms with Crippen LogP contribution >= 0.6 is 11.6 Å². The first-order chi connectivity index (χ1) is 8.70. The van der Waals surface area contributed by atoms with Crippen LogP contribution in [-0.2, 0) is 6.42 Å². The molecule has 3 nitrogen and oxygen atoms in total. The molecule has 0 saturated heterocycles. The predicted molar refractivity (Wildman–Crippen MR) is 72.0 cm³/mol. The topological polar surface area (TPSA) is 42.2 Å². The Kier molecular flexibility index (Phi) is 4.70. The van der Waals surface area contributed by atoms with Gasteiger partial charge in [-0.05, 0) is 30.9 Å². The molecule has 1 N–H and O–H groups in total. The molecule has 0 aliphatic heterocycles. The number of amides is 1. The van der Waals surface area contributed by atoms with Crippen LogP contribution in [0.1, 0.15) is 48.9 Å². The Morgan fingerprint density at radius 1 is 1.44 bits per heavy atom. The molecule has 1 fully saturated rings. The van der Waals surface area contributed by atoms with Crippen LogP contribution in [0, 0.1) is 5.92 Å². The first-order valence-corrected chi connectivity index (χ1v) is 7.15. The quantitative estimate of drug-likeness (QED) is 0.852. The van der Waals surface area contributed by atoms with Crippen molar-refractivity contribution in [1.29, 1.82) is 0 Å². The molecule has 1 aromatic heterocycles. The van der Waals surface area contributed by atoms with Crippen molar-refractivity contribution in [2.75, 3.05) is 6.54 Å². The lowest BCUT2D eigenvalue weighted by Crippen LogP contribution is -2.34. The maximum absolute atomic E-state index is 11.9. The van der Waals surface area contributed by atoms with E-state index in [1.54, 1.807) is 6.07 Å². The van der Waals surface area contributed by atoms with E-state index in [4.69, 9.17) is 16.0 Å². The summed E-state index contributed by atoms with van der Waals surface area (Å²) >= 11 is 6.26. The number of furan rings is 1. The van der Waals surface area contributed by atoms with Crippen LogP contribution in [0.15, 0.2) is 16.5 Å². The molecule has 1 saturated carbocycles. The first kappa shape index (κ1) is 13.5. The fourth-order valence-corrected chi connectivity index (χ4v) is 2.76. The summed E-state index contributed by atoms with van der Waals surface area (Å²) in [5.74, 6) is 1.50. The zero-order valence-electron chi connectivity index (χ0n) is 10.7. The van der Waals surface area contributed by atoms with E-state index in [9.17, 15) is 4.79 Å². The van der Waals surface area contributed by atoms with E-state index >= 15 is 0 Å². The van der Waals surface area contributed by atoms with E-state index in [1.165, 1.54) is 12.8 Å². The number of nitrogens with one attached hydrogen (secondary N) is 1. The fourth-order valence-electron chi connectivity index (χ4n) is 2.39. The van der Waals surface area contributed by atoms with E-state index in [0.29, 0.717) is 18.2 Å². The summed E-state index contributed by atoms with van der Waals surface area (Å²) in [6.45, 7) is 2.65. The molecule has 1 aromatic rings. The average molecular weight is 270 g/mol. The van der Waals surface area contributed by atoms with Gasteiger partial charge in [-0.1, -0.05) is 19.8 Å². The van der Waals surface area contributed by atoms with Crippen molar-refractivity contribution < 1.29 is 9.21 Å². The third-order valence-electron chi connectivity index (χ3n) is 3.58. The van der Waals surface area contributed by atoms with E-state index in [1.807, 2.05) is 13.0 Å². The minimum Gasteiger partial charge on any atom is -0.456 e. The largest absolute Gasteiger partial charge is 0.456 e. The Labute approximate surface area is 113 Å². The first-order valence-electron chi connectivity index (χ1n) is 6.71. The Morgan fingerprint density at radius 3 is 2.89 bits per heavy atom. The number of aryl methyl sites for hydroxylation is 1. The smallest absolute Gasteiger partial charge is 0.287 e. The second-order valence-corrected chi connectivity index (χ2v) is 5.45. The van der Waals surface area contributed by atoms with Gasteiger partial charge in [0.15, 0.2) is 5.76 Å². The summed E-state index contributed by atoms with van der Waals surface area (Å²) in [6, 6.07) is 3.58. The average Bonchev–Trinajstić information content (AvgIpc) is 2.86. The van der Waals surface area contributed by atoms with Gasteiger partial charge < -0.3 is 9.73 Å². The molecule has 0 radical (unpaired) electrons. The van der Waals surface area contributed by atoms with Crippen molar-refractivity contribution in [3.8, 4) is 0 Å². The van der Waals surface area contributed by atoms with Crippen molar-refractivity contribution in [2.45, 2.75) is 44.4 Å². The maximum atomic E-state index is 11.9. The van der Waals surface area contributed by atoms with E-state index < -0.39 is 0 Å². The molecule has 18 heavy (non-hydrogen) atoms. The summed E-state index contributed by atoms with van der Waals surface area (Å²) < 4.78 is 5.42. The Hall–Kier alpha value is -0.960. The molecule has 100 valence electrons. The van der Waals surface area contributed by atoms with Crippen LogP contribution in [-0.4, -0.2) is 17.8 Å². The zero-order valence-corrected chi connectivity index (χ0v) is 11.5. The number of halogens is 1. The second kappa shape index (κ2) is 6.28. The van der Waals surface area contributed by atoms with Gasteiger partial charge in [0.25, 0.3) is 5.91 Å². The van der Waals surface area contributed by atoms with Crippen molar-refractivity contribution in [3.63, 3.8) is 0 Å². The molecule has 0 spiro atoms. The van der Waals surface area contributed by atoms with E-state index in [0.717, 1.165) is 25.0 Å². The number of carbonyl (C=O) groups excluding carboxylic acids is 1. The van der Waals surface area contributed by atoms with Gasteiger partial charge in [0.2, 0.25) is 0 Å². The van der Waals surface area contributed by atoms with E-state index in [-0.39, 0.29) is 11.3 Å². The summed E-state index contributed by atoms with van der Waals surface area (Å²) in [7, 11) is 0. The molecule has 1 aliphatic carbocycles. The highest BCUT2D eigenvalue weighted by molar-refractivity contribution is 6.20. The lowest BCUT2D eigenvalue weighted by atomic mass is 9.89. The highest BCUT2D eigenvalue weighted by Crippen LogP contribution is 2.28. The summed E-state index contributed by atoms with van der Waals surface area (Å²) in [5, 5.41) is 3.12. The van der Waals surface area contributed by atoms with Crippen LogP contribution < -0.4 is 5.32 Å². The van der Waals surface area contributed by atoms with E-state index in [2.05, 4.69) is 5.32 Å². The lowest BCUT2D eigenvalue weighted by molar-refractivity contribution is 0.0914. The van der Waals surface area contributed by atoms with Crippen molar-refractivity contribution in [1.82, 2.24) is 5.32 Å². The van der Waals surface area contributed by atoms with Crippen LogP contribution in [0.4, 0.5) is 0 Å². The van der Waals surface area contributed by atoms with Gasteiger partial charge in [-0.3, -0.25) is 4.79 Å². The molecule has 1 aliphatic rings. The molecule has 2 rings (SSSR count). The van der Waals surface area contributed by atoms with Gasteiger partial charge in [0.05, 0.1) is 0 Å². The minimum atomic E-state index is -0.135. The molecule has 0 aromatic carbocycles. The molecule has 1 amide bonds. The standard InChI is InChI=1S/C14H20ClNO2/c1-2-11-7-8-13(18-11)14(17)16-9-10-5-3-4-6-12(10)15/h7-8,10,12H,2-6,9H2,1H3,(H,16,17). The SMILES string of the molecule is CCc1ccc(C(=O)NCC2CCCCC2Cl)o1. The number of rotatable bonds is 4. The number of hydrogen-bond donors (Lipinski definition) is 1. The summed E-state index contributed by atoms with van der Waals surface area (Å²) in [4.78, 5) is 11.9. The van der Waals surface area contributed by atoms with Crippen LogP contribution in [0.5, 0.6) is 0 Å². The third kappa shape index (κ3) is 3.29.